The average molecular weight is 308 g/mol. The van der Waals surface area contributed by atoms with E-state index in [0.717, 1.165) is 31.5 Å². The topological polar surface area (TPSA) is 54.6 Å². The number of H-pyrrole nitrogens is 1. The van der Waals surface area contributed by atoms with E-state index in [1.165, 1.54) is 0 Å². The van der Waals surface area contributed by atoms with Crippen molar-refractivity contribution in [2.24, 2.45) is 0 Å². The van der Waals surface area contributed by atoms with E-state index in [1.54, 1.807) is 0 Å². The molecule has 5 nitrogen and oxygen atoms in total. The van der Waals surface area contributed by atoms with E-state index in [0.29, 0.717) is 6.61 Å². The molecule has 0 unspecified atom stereocenters. The number of rotatable bonds is 4. The van der Waals surface area contributed by atoms with Gasteiger partial charge in [0.2, 0.25) is 0 Å². The predicted octanol–water partition coefficient (Wildman–Crippen LogP) is 3.88. The fourth-order valence-electron chi connectivity index (χ4n) is 2.68. The molecule has 0 radical (unpaired) electrons. The molecular formula is C17H28N2O3. The number of piperidine rings is 1. The van der Waals surface area contributed by atoms with Crippen LogP contribution in [0.1, 0.15) is 58.8 Å². The van der Waals surface area contributed by atoms with Gasteiger partial charge in [0.15, 0.2) is 0 Å². The van der Waals surface area contributed by atoms with Gasteiger partial charge in [0.1, 0.15) is 5.60 Å². The lowest BCUT2D eigenvalue weighted by atomic mass is 10.0. The Morgan fingerprint density at radius 1 is 1.45 bits per heavy atom. The maximum absolute atomic E-state index is 12.3. The third-order valence-corrected chi connectivity index (χ3v) is 3.85. The van der Waals surface area contributed by atoms with Gasteiger partial charge in [0.05, 0.1) is 18.8 Å². The first-order valence-electron chi connectivity index (χ1n) is 8.11. The number of aromatic amines is 1. The zero-order valence-corrected chi connectivity index (χ0v) is 14.1. The number of amides is 1. The second-order valence-electron chi connectivity index (χ2n) is 6.92. The molecule has 0 saturated carbocycles. The molecule has 1 amide bonds. The van der Waals surface area contributed by atoms with Crippen LogP contribution in [0, 0.1) is 0 Å². The number of hydrogen-bond acceptors (Lipinski definition) is 3. The van der Waals surface area contributed by atoms with E-state index in [9.17, 15) is 4.79 Å². The zero-order chi connectivity index (χ0) is 16.2. The van der Waals surface area contributed by atoms with Crippen molar-refractivity contribution in [2.45, 2.75) is 64.7 Å². The molecule has 0 spiro atoms. The standard InChI is InChI=1S/C17H28N2O3/c1-13(15-9-7-10-18-15)21-12-14-8-5-6-11-19(14)16(20)22-17(2,3)4/h7,9-10,13-14,18H,5-6,8,11-12H2,1-4H3/t13-,14+/m1/s1. The summed E-state index contributed by atoms with van der Waals surface area (Å²) >= 11 is 0. The highest BCUT2D eigenvalue weighted by Crippen LogP contribution is 2.23. The molecule has 124 valence electrons. The van der Waals surface area contributed by atoms with Crippen LogP contribution >= 0.6 is 0 Å². The van der Waals surface area contributed by atoms with Crippen molar-refractivity contribution in [3.05, 3.63) is 24.0 Å². The zero-order valence-electron chi connectivity index (χ0n) is 14.1. The monoisotopic (exact) mass is 308 g/mol. The number of likely N-dealkylation sites (tertiary alicyclic amines) is 1. The van der Waals surface area contributed by atoms with Crippen LogP contribution in [0.3, 0.4) is 0 Å². The summed E-state index contributed by atoms with van der Waals surface area (Å²) in [7, 11) is 0. The molecule has 2 rings (SSSR count). The van der Waals surface area contributed by atoms with Gasteiger partial charge >= 0.3 is 6.09 Å². The van der Waals surface area contributed by atoms with Crippen molar-refractivity contribution < 1.29 is 14.3 Å². The molecule has 1 aromatic heterocycles. The summed E-state index contributed by atoms with van der Waals surface area (Å²) in [4.78, 5) is 17.3. The fourth-order valence-corrected chi connectivity index (χ4v) is 2.68. The molecule has 1 N–H and O–H groups in total. The Morgan fingerprint density at radius 3 is 2.86 bits per heavy atom. The highest BCUT2D eigenvalue weighted by molar-refractivity contribution is 5.68. The minimum atomic E-state index is -0.461. The van der Waals surface area contributed by atoms with E-state index < -0.39 is 5.60 Å². The number of carbonyl (C=O) groups is 1. The van der Waals surface area contributed by atoms with E-state index in [-0.39, 0.29) is 18.2 Å². The van der Waals surface area contributed by atoms with Crippen molar-refractivity contribution in [3.63, 3.8) is 0 Å². The van der Waals surface area contributed by atoms with Crippen molar-refractivity contribution in [2.75, 3.05) is 13.2 Å². The molecule has 5 heteroatoms. The van der Waals surface area contributed by atoms with Gasteiger partial charge in [-0.3, -0.25) is 0 Å². The quantitative estimate of drug-likeness (QED) is 0.918. The molecule has 2 heterocycles. The van der Waals surface area contributed by atoms with Crippen LogP contribution in [0.15, 0.2) is 18.3 Å². The molecule has 1 aliphatic rings. The second-order valence-corrected chi connectivity index (χ2v) is 6.92. The first-order chi connectivity index (χ1) is 10.4. The van der Waals surface area contributed by atoms with Crippen LogP contribution < -0.4 is 0 Å². The van der Waals surface area contributed by atoms with Crippen molar-refractivity contribution in [1.82, 2.24) is 9.88 Å². The lowest BCUT2D eigenvalue weighted by Gasteiger charge is -2.37. The van der Waals surface area contributed by atoms with Gasteiger partial charge in [-0.15, -0.1) is 0 Å². The smallest absolute Gasteiger partial charge is 0.410 e. The summed E-state index contributed by atoms with van der Waals surface area (Å²) in [6.07, 6.45) is 4.79. The largest absolute Gasteiger partial charge is 0.444 e. The Morgan fingerprint density at radius 2 is 2.23 bits per heavy atom. The molecule has 1 aliphatic heterocycles. The Bertz CT molecular complexity index is 465. The highest BCUT2D eigenvalue weighted by Gasteiger charge is 2.30. The summed E-state index contributed by atoms with van der Waals surface area (Å²) in [5.74, 6) is 0. The van der Waals surface area contributed by atoms with E-state index in [1.807, 2.05) is 50.9 Å². The van der Waals surface area contributed by atoms with Gasteiger partial charge < -0.3 is 19.4 Å². The van der Waals surface area contributed by atoms with Gasteiger partial charge in [0.25, 0.3) is 0 Å². The molecular weight excluding hydrogens is 280 g/mol. The first-order valence-corrected chi connectivity index (χ1v) is 8.11. The van der Waals surface area contributed by atoms with E-state index in [2.05, 4.69) is 4.98 Å². The third kappa shape index (κ3) is 4.77. The fraction of sp³-hybridized carbons (Fsp3) is 0.706. The summed E-state index contributed by atoms with van der Waals surface area (Å²) < 4.78 is 11.5. The van der Waals surface area contributed by atoms with Crippen molar-refractivity contribution in [3.8, 4) is 0 Å². The van der Waals surface area contributed by atoms with Crippen LogP contribution in [0.25, 0.3) is 0 Å². The Labute approximate surface area is 133 Å². The van der Waals surface area contributed by atoms with Crippen LogP contribution in [0.5, 0.6) is 0 Å². The highest BCUT2D eigenvalue weighted by atomic mass is 16.6. The summed E-state index contributed by atoms with van der Waals surface area (Å²) in [6, 6.07) is 4.07. The molecule has 22 heavy (non-hydrogen) atoms. The van der Waals surface area contributed by atoms with Gasteiger partial charge in [-0.2, -0.15) is 0 Å². The Kier molecular flexibility index (Phi) is 5.51. The second kappa shape index (κ2) is 7.18. The number of carbonyl (C=O) groups excluding carboxylic acids is 1. The van der Waals surface area contributed by atoms with E-state index >= 15 is 0 Å². The van der Waals surface area contributed by atoms with Crippen LogP contribution in [-0.2, 0) is 9.47 Å². The van der Waals surface area contributed by atoms with E-state index in [4.69, 9.17) is 9.47 Å². The van der Waals surface area contributed by atoms with Crippen LogP contribution in [0.2, 0.25) is 0 Å². The summed E-state index contributed by atoms with van der Waals surface area (Å²) in [5.41, 5.74) is 0.594. The summed E-state index contributed by atoms with van der Waals surface area (Å²) in [5, 5.41) is 0. The molecule has 1 aromatic rings. The maximum Gasteiger partial charge on any atom is 0.410 e. The third-order valence-electron chi connectivity index (χ3n) is 3.85. The lowest BCUT2D eigenvalue weighted by Crippen LogP contribution is -2.48. The number of aromatic nitrogens is 1. The predicted molar refractivity (Wildman–Crippen MR) is 85.7 cm³/mol. The number of nitrogens with one attached hydrogen (secondary N) is 1. The molecule has 0 aliphatic carbocycles. The molecule has 0 aromatic carbocycles. The van der Waals surface area contributed by atoms with Gasteiger partial charge in [-0.1, -0.05) is 0 Å². The number of ether oxygens (including phenoxy) is 2. The van der Waals surface area contributed by atoms with Crippen molar-refractivity contribution >= 4 is 6.09 Å². The van der Waals surface area contributed by atoms with Crippen LogP contribution in [0.4, 0.5) is 4.79 Å². The average Bonchev–Trinajstić information content (AvgIpc) is 2.97. The number of nitrogens with zero attached hydrogens (tertiary/aromatic N) is 1. The van der Waals surface area contributed by atoms with Gasteiger partial charge in [-0.25, -0.2) is 4.79 Å². The Hall–Kier alpha value is -1.49. The van der Waals surface area contributed by atoms with Crippen molar-refractivity contribution in [1.29, 1.82) is 0 Å². The van der Waals surface area contributed by atoms with Gasteiger partial charge in [0, 0.05) is 18.4 Å². The molecule has 1 saturated heterocycles. The summed E-state index contributed by atoms with van der Waals surface area (Å²) in [6.45, 7) is 9.00. The maximum atomic E-state index is 12.3. The normalized spacial score (nSPS) is 20.7. The molecule has 1 fully saturated rings. The lowest BCUT2D eigenvalue weighted by molar-refractivity contribution is -0.0217. The minimum Gasteiger partial charge on any atom is -0.444 e. The minimum absolute atomic E-state index is 0.00240. The van der Waals surface area contributed by atoms with Crippen LogP contribution in [-0.4, -0.2) is 40.8 Å². The Balaban J connectivity index is 1.90. The SMILES string of the molecule is C[C@@H](OC[C@@H]1CCCCN1C(=O)OC(C)(C)C)c1ccc[nH]1. The molecule has 2 atom stereocenters. The van der Waals surface area contributed by atoms with Gasteiger partial charge in [-0.05, 0) is 59.1 Å². The molecule has 0 bridgehead atoms. The number of hydrogen-bond donors (Lipinski definition) is 1. The first kappa shape index (κ1) is 16.9.